The number of rotatable bonds is 4. The molecule has 2 aromatic rings. The highest BCUT2D eigenvalue weighted by Crippen LogP contribution is 2.20. The maximum Gasteiger partial charge on any atom is 0.0208 e. The molecule has 1 N–H and O–H groups in total. The predicted molar refractivity (Wildman–Crippen MR) is 75.2 cm³/mol. The monoisotopic (exact) mass is 236 g/mol. The Morgan fingerprint density at radius 3 is 2.50 bits per heavy atom. The van der Waals surface area contributed by atoms with Gasteiger partial charge in [0.25, 0.3) is 0 Å². The van der Waals surface area contributed by atoms with Crippen LogP contribution in [0, 0.1) is 6.07 Å². The van der Waals surface area contributed by atoms with Gasteiger partial charge in [0, 0.05) is 12.6 Å². The molecule has 0 spiro atoms. The van der Waals surface area contributed by atoms with Gasteiger partial charge in [-0.05, 0) is 41.7 Å². The maximum atomic E-state index is 3.59. The lowest BCUT2D eigenvalue weighted by Gasteiger charge is -2.26. The van der Waals surface area contributed by atoms with Crippen LogP contribution in [0.4, 0.5) is 0 Å². The first-order valence-corrected chi connectivity index (χ1v) is 6.71. The molecule has 0 amide bonds. The van der Waals surface area contributed by atoms with E-state index in [1.54, 1.807) is 0 Å². The van der Waals surface area contributed by atoms with Crippen LogP contribution < -0.4 is 5.32 Å². The highest BCUT2D eigenvalue weighted by Gasteiger charge is 2.15. The average Bonchev–Trinajstić information content (AvgIpc) is 2.39. The molecule has 0 bridgehead atoms. The molecule has 0 aromatic heterocycles. The fourth-order valence-corrected chi connectivity index (χ4v) is 2.26. The molecular weight excluding hydrogens is 218 g/mol. The topological polar surface area (TPSA) is 12.0 Å². The molecule has 1 saturated carbocycles. The van der Waals surface area contributed by atoms with E-state index in [4.69, 9.17) is 0 Å². The first-order valence-electron chi connectivity index (χ1n) is 6.71. The fraction of sp³-hybridized carbons (Fsp3) is 0.294. The van der Waals surface area contributed by atoms with Crippen molar-refractivity contribution in [2.24, 2.45) is 0 Å². The van der Waals surface area contributed by atoms with Crippen LogP contribution in [0.3, 0.4) is 0 Å². The van der Waals surface area contributed by atoms with Gasteiger partial charge in [-0.1, -0.05) is 48.9 Å². The maximum absolute atomic E-state index is 3.59. The third-order valence-electron chi connectivity index (χ3n) is 3.69. The lowest BCUT2D eigenvalue weighted by Crippen LogP contribution is -2.34. The molecule has 1 heteroatoms. The van der Waals surface area contributed by atoms with Crippen LogP contribution in [0.15, 0.2) is 48.5 Å². The van der Waals surface area contributed by atoms with Crippen LogP contribution >= 0.6 is 0 Å². The summed E-state index contributed by atoms with van der Waals surface area (Å²) >= 11 is 0. The summed E-state index contributed by atoms with van der Waals surface area (Å²) in [6, 6.07) is 20.8. The molecule has 1 fully saturated rings. The molecule has 2 aromatic carbocycles. The van der Waals surface area contributed by atoms with Gasteiger partial charge in [0.2, 0.25) is 0 Å². The molecular formula is C17H18N. The van der Waals surface area contributed by atoms with Gasteiger partial charge in [0.15, 0.2) is 0 Å². The third kappa shape index (κ3) is 2.62. The summed E-state index contributed by atoms with van der Waals surface area (Å²) < 4.78 is 0. The summed E-state index contributed by atoms with van der Waals surface area (Å²) in [7, 11) is 0. The normalized spacial score (nSPS) is 15.3. The minimum atomic E-state index is 0.758. The molecule has 18 heavy (non-hydrogen) atoms. The first kappa shape index (κ1) is 11.5. The number of hydrogen-bond donors (Lipinski definition) is 1. The van der Waals surface area contributed by atoms with Gasteiger partial charge in [0.05, 0.1) is 0 Å². The van der Waals surface area contributed by atoms with E-state index in [2.05, 4.69) is 41.7 Å². The smallest absolute Gasteiger partial charge is 0.0208 e. The second-order valence-electron chi connectivity index (χ2n) is 5.00. The first-order chi connectivity index (χ1) is 8.92. The van der Waals surface area contributed by atoms with E-state index >= 15 is 0 Å². The Labute approximate surface area is 109 Å². The Hall–Kier alpha value is -1.60. The van der Waals surface area contributed by atoms with Crippen molar-refractivity contribution in [3.05, 3.63) is 60.2 Å². The zero-order valence-corrected chi connectivity index (χ0v) is 10.5. The quantitative estimate of drug-likeness (QED) is 0.851. The number of benzene rings is 2. The Morgan fingerprint density at radius 1 is 1.06 bits per heavy atom. The lowest BCUT2D eigenvalue weighted by atomic mass is 9.93. The van der Waals surface area contributed by atoms with Crippen molar-refractivity contribution in [3.8, 4) is 11.1 Å². The molecule has 1 radical (unpaired) electrons. The largest absolute Gasteiger partial charge is 0.310 e. The number of nitrogens with one attached hydrogen (secondary N) is 1. The van der Waals surface area contributed by atoms with Crippen molar-refractivity contribution in [2.75, 3.05) is 0 Å². The average molecular weight is 236 g/mol. The highest BCUT2D eigenvalue weighted by atomic mass is 14.9. The van der Waals surface area contributed by atoms with Gasteiger partial charge in [-0.15, -0.1) is 0 Å². The molecule has 1 aliphatic rings. The summed E-state index contributed by atoms with van der Waals surface area (Å²) in [4.78, 5) is 0. The summed E-state index contributed by atoms with van der Waals surface area (Å²) in [5, 5.41) is 3.59. The van der Waals surface area contributed by atoms with Crippen molar-refractivity contribution >= 4 is 0 Å². The predicted octanol–water partition coefficient (Wildman–Crippen LogP) is 3.80. The lowest BCUT2D eigenvalue weighted by molar-refractivity contribution is 0.338. The van der Waals surface area contributed by atoms with Crippen LogP contribution in [-0.4, -0.2) is 6.04 Å². The molecule has 0 unspecified atom stereocenters. The Bertz CT molecular complexity index is 483. The van der Waals surface area contributed by atoms with E-state index < -0.39 is 0 Å². The van der Waals surface area contributed by atoms with Gasteiger partial charge in [-0.2, -0.15) is 0 Å². The molecule has 0 atom stereocenters. The van der Waals surface area contributed by atoms with E-state index in [1.165, 1.54) is 36.0 Å². The zero-order chi connectivity index (χ0) is 12.2. The van der Waals surface area contributed by atoms with Crippen molar-refractivity contribution < 1.29 is 0 Å². The van der Waals surface area contributed by atoms with Gasteiger partial charge >= 0.3 is 0 Å². The van der Waals surface area contributed by atoms with Crippen LogP contribution in [0.2, 0.25) is 0 Å². The van der Waals surface area contributed by atoms with Gasteiger partial charge in [0.1, 0.15) is 0 Å². The Kier molecular flexibility index (Phi) is 3.42. The standard InChI is InChI=1S/C17H18N/c1-2-5-15(6-3-1)16-11-9-14(10-12-16)13-18-17-7-4-8-17/h1-2,5-6,9-12,17-18H,4,7-8,13H2. The molecule has 91 valence electrons. The van der Waals surface area contributed by atoms with E-state index in [1.807, 2.05) is 18.2 Å². The second kappa shape index (κ2) is 5.36. The van der Waals surface area contributed by atoms with Gasteiger partial charge < -0.3 is 5.32 Å². The molecule has 1 aliphatic carbocycles. The highest BCUT2D eigenvalue weighted by molar-refractivity contribution is 5.63. The molecule has 0 heterocycles. The Morgan fingerprint density at radius 2 is 1.89 bits per heavy atom. The zero-order valence-electron chi connectivity index (χ0n) is 10.5. The van der Waals surface area contributed by atoms with Crippen molar-refractivity contribution in [2.45, 2.75) is 31.8 Å². The van der Waals surface area contributed by atoms with Crippen molar-refractivity contribution in [3.63, 3.8) is 0 Å². The van der Waals surface area contributed by atoms with Crippen LogP contribution in [-0.2, 0) is 6.54 Å². The summed E-state index contributed by atoms with van der Waals surface area (Å²) in [5.41, 5.74) is 3.86. The van der Waals surface area contributed by atoms with Crippen LogP contribution in [0.1, 0.15) is 24.8 Å². The van der Waals surface area contributed by atoms with E-state index in [9.17, 15) is 0 Å². The molecule has 0 aliphatic heterocycles. The third-order valence-corrected chi connectivity index (χ3v) is 3.69. The second-order valence-corrected chi connectivity index (χ2v) is 5.00. The van der Waals surface area contributed by atoms with Gasteiger partial charge in [-0.3, -0.25) is 0 Å². The molecule has 3 rings (SSSR count). The summed E-state index contributed by atoms with van der Waals surface area (Å²) in [6.07, 6.45) is 4.08. The summed E-state index contributed by atoms with van der Waals surface area (Å²) in [5.74, 6) is 0. The Balaban J connectivity index is 1.65. The molecule has 0 saturated heterocycles. The summed E-state index contributed by atoms with van der Waals surface area (Å²) in [6.45, 7) is 0.992. The molecule has 1 nitrogen and oxygen atoms in total. The minimum absolute atomic E-state index is 0.758. The van der Waals surface area contributed by atoms with Crippen LogP contribution in [0.5, 0.6) is 0 Å². The van der Waals surface area contributed by atoms with E-state index in [0.29, 0.717) is 0 Å². The minimum Gasteiger partial charge on any atom is -0.310 e. The van der Waals surface area contributed by atoms with Crippen molar-refractivity contribution in [1.82, 2.24) is 5.32 Å². The van der Waals surface area contributed by atoms with Gasteiger partial charge in [-0.25, -0.2) is 0 Å². The van der Waals surface area contributed by atoms with Crippen LogP contribution in [0.25, 0.3) is 11.1 Å². The SMILES string of the molecule is [c]1cccc(-c2ccc(CNC3CCC3)cc2)c1. The van der Waals surface area contributed by atoms with E-state index in [0.717, 1.165) is 12.6 Å². The number of hydrogen-bond acceptors (Lipinski definition) is 1. The fourth-order valence-electron chi connectivity index (χ4n) is 2.26. The van der Waals surface area contributed by atoms with Crippen molar-refractivity contribution in [1.29, 1.82) is 0 Å². The van der Waals surface area contributed by atoms with E-state index in [-0.39, 0.29) is 0 Å².